The molecule has 1 saturated carbocycles. The van der Waals surface area contributed by atoms with Crippen LogP contribution in [0.25, 0.3) is 0 Å². The van der Waals surface area contributed by atoms with E-state index in [2.05, 4.69) is 22.8 Å². The second kappa shape index (κ2) is 5.44. The van der Waals surface area contributed by atoms with Crippen LogP contribution in [-0.2, 0) is 10.2 Å². The zero-order valence-corrected chi connectivity index (χ0v) is 11.9. The maximum Gasteiger partial charge on any atom is 0.237 e. The maximum atomic E-state index is 12.1. The SMILES string of the molecule is COc1ccc(C2(CNC(=O)C3CCCN3)CC2)cc1. The van der Waals surface area contributed by atoms with Crippen LogP contribution in [-0.4, -0.2) is 32.1 Å². The van der Waals surface area contributed by atoms with E-state index in [-0.39, 0.29) is 17.4 Å². The highest BCUT2D eigenvalue weighted by Gasteiger charge is 2.44. The summed E-state index contributed by atoms with van der Waals surface area (Å²) in [7, 11) is 1.68. The van der Waals surface area contributed by atoms with E-state index in [0.717, 1.165) is 44.5 Å². The molecule has 2 N–H and O–H groups in total. The molecule has 4 nitrogen and oxygen atoms in total. The van der Waals surface area contributed by atoms with Crippen LogP contribution in [0.3, 0.4) is 0 Å². The zero-order chi connectivity index (χ0) is 14.0. The number of amides is 1. The Morgan fingerprint density at radius 3 is 2.70 bits per heavy atom. The molecule has 2 aliphatic rings. The van der Waals surface area contributed by atoms with E-state index in [4.69, 9.17) is 4.74 Å². The van der Waals surface area contributed by atoms with E-state index in [9.17, 15) is 4.79 Å². The van der Waals surface area contributed by atoms with Crippen LogP contribution in [0.4, 0.5) is 0 Å². The van der Waals surface area contributed by atoms with Gasteiger partial charge in [0.1, 0.15) is 5.75 Å². The predicted molar refractivity (Wildman–Crippen MR) is 77.9 cm³/mol. The molecule has 1 saturated heterocycles. The molecule has 3 rings (SSSR count). The molecular weight excluding hydrogens is 252 g/mol. The number of hydrogen-bond acceptors (Lipinski definition) is 3. The Bertz CT molecular complexity index is 474. The molecule has 108 valence electrons. The first-order valence-corrected chi connectivity index (χ1v) is 7.39. The summed E-state index contributed by atoms with van der Waals surface area (Å²) in [5.41, 5.74) is 1.46. The number of nitrogens with one attached hydrogen (secondary N) is 2. The summed E-state index contributed by atoms with van der Waals surface area (Å²) in [5.74, 6) is 1.03. The standard InChI is InChI=1S/C16H22N2O2/c1-20-13-6-4-12(5-7-13)16(8-9-16)11-18-15(19)14-3-2-10-17-14/h4-7,14,17H,2-3,8-11H2,1H3,(H,18,19). The second-order valence-electron chi connectivity index (χ2n) is 5.88. The molecule has 0 aromatic heterocycles. The van der Waals surface area contributed by atoms with Crippen molar-refractivity contribution in [1.82, 2.24) is 10.6 Å². The fraction of sp³-hybridized carbons (Fsp3) is 0.562. The lowest BCUT2D eigenvalue weighted by molar-refractivity contribution is -0.122. The van der Waals surface area contributed by atoms with E-state index in [0.29, 0.717) is 0 Å². The minimum atomic E-state index is 0.0154. The van der Waals surface area contributed by atoms with Gasteiger partial charge >= 0.3 is 0 Å². The average molecular weight is 274 g/mol. The fourth-order valence-corrected chi connectivity index (χ4v) is 2.95. The molecule has 20 heavy (non-hydrogen) atoms. The smallest absolute Gasteiger partial charge is 0.237 e. The van der Waals surface area contributed by atoms with Gasteiger partial charge in [-0.15, -0.1) is 0 Å². The molecule has 1 aliphatic carbocycles. The Balaban J connectivity index is 1.59. The number of benzene rings is 1. The van der Waals surface area contributed by atoms with Gasteiger partial charge < -0.3 is 15.4 Å². The molecule has 0 spiro atoms. The second-order valence-corrected chi connectivity index (χ2v) is 5.88. The minimum Gasteiger partial charge on any atom is -0.497 e. The molecule has 4 heteroatoms. The Morgan fingerprint density at radius 1 is 1.40 bits per heavy atom. The highest BCUT2D eigenvalue weighted by Crippen LogP contribution is 2.47. The molecule has 1 unspecified atom stereocenters. The molecule has 1 aromatic carbocycles. The Labute approximate surface area is 119 Å². The summed E-state index contributed by atoms with van der Waals surface area (Å²) in [5, 5.41) is 6.36. The minimum absolute atomic E-state index is 0.0154. The van der Waals surface area contributed by atoms with Crippen molar-refractivity contribution in [2.75, 3.05) is 20.2 Å². The molecule has 2 fully saturated rings. The van der Waals surface area contributed by atoms with Crippen molar-refractivity contribution in [2.24, 2.45) is 0 Å². The lowest BCUT2D eigenvalue weighted by Crippen LogP contribution is -2.43. The van der Waals surface area contributed by atoms with Crippen molar-refractivity contribution < 1.29 is 9.53 Å². The van der Waals surface area contributed by atoms with Crippen molar-refractivity contribution in [1.29, 1.82) is 0 Å². The molecule has 1 heterocycles. The summed E-state index contributed by atoms with van der Waals surface area (Å²) < 4.78 is 5.19. The monoisotopic (exact) mass is 274 g/mol. The normalized spacial score (nSPS) is 23.4. The van der Waals surface area contributed by atoms with Crippen LogP contribution in [0.1, 0.15) is 31.2 Å². The largest absolute Gasteiger partial charge is 0.497 e. The van der Waals surface area contributed by atoms with Crippen LogP contribution in [0.15, 0.2) is 24.3 Å². The first-order valence-electron chi connectivity index (χ1n) is 7.39. The number of rotatable bonds is 5. The highest BCUT2D eigenvalue weighted by molar-refractivity contribution is 5.82. The summed E-state index contributed by atoms with van der Waals surface area (Å²) in [4.78, 5) is 12.1. The van der Waals surface area contributed by atoms with Gasteiger partial charge in [0.2, 0.25) is 5.91 Å². The van der Waals surface area contributed by atoms with E-state index in [1.54, 1.807) is 7.11 Å². The van der Waals surface area contributed by atoms with Gasteiger partial charge in [-0.25, -0.2) is 0 Å². The van der Waals surface area contributed by atoms with Gasteiger partial charge in [0.05, 0.1) is 13.2 Å². The molecular formula is C16H22N2O2. The molecule has 1 atom stereocenters. The lowest BCUT2D eigenvalue weighted by atomic mass is 9.95. The van der Waals surface area contributed by atoms with Crippen molar-refractivity contribution in [3.63, 3.8) is 0 Å². The molecule has 1 amide bonds. The third-order valence-electron chi connectivity index (χ3n) is 4.53. The third-order valence-corrected chi connectivity index (χ3v) is 4.53. The summed E-state index contributed by atoms with van der Waals surface area (Å²) in [6, 6.07) is 8.24. The topological polar surface area (TPSA) is 50.4 Å². The van der Waals surface area contributed by atoms with Crippen molar-refractivity contribution in [3.05, 3.63) is 29.8 Å². The number of hydrogen-bond donors (Lipinski definition) is 2. The van der Waals surface area contributed by atoms with Gasteiger partial charge in [0, 0.05) is 12.0 Å². The third kappa shape index (κ3) is 2.66. The van der Waals surface area contributed by atoms with Crippen molar-refractivity contribution >= 4 is 5.91 Å². The van der Waals surface area contributed by atoms with E-state index in [1.165, 1.54) is 5.56 Å². The summed E-state index contributed by atoms with van der Waals surface area (Å²) in [6.45, 7) is 1.71. The van der Waals surface area contributed by atoms with Crippen LogP contribution in [0, 0.1) is 0 Å². The van der Waals surface area contributed by atoms with Gasteiger partial charge in [0.25, 0.3) is 0 Å². The van der Waals surface area contributed by atoms with Crippen LogP contribution < -0.4 is 15.4 Å². The molecule has 0 bridgehead atoms. The van der Waals surface area contributed by atoms with Gasteiger partial charge in [0.15, 0.2) is 0 Å². The zero-order valence-electron chi connectivity index (χ0n) is 11.9. The average Bonchev–Trinajstić information content (AvgIpc) is 3.08. The van der Waals surface area contributed by atoms with Gasteiger partial charge in [-0.05, 0) is 49.9 Å². The van der Waals surface area contributed by atoms with E-state index < -0.39 is 0 Å². The first kappa shape index (κ1) is 13.4. The lowest BCUT2D eigenvalue weighted by Gasteiger charge is -2.19. The molecule has 1 aromatic rings. The van der Waals surface area contributed by atoms with Crippen LogP contribution >= 0.6 is 0 Å². The number of carbonyl (C=O) groups excluding carboxylic acids is 1. The van der Waals surface area contributed by atoms with E-state index in [1.807, 2.05) is 12.1 Å². The number of carbonyl (C=O) groups is 1. The van der Waals surface area contributed by atoms with Crippen molar-refractivity contribution in [3.8, 4) is 5.75 Å². The van der Waals surface area contributed by atoms with Crippen molar-refractivity contribution in [2.45, 2.75) is 37.1 Å². The Kier molecular flexibility index (Phi) is 3.66. The highest BCUT2D eigenvalue weighted by atomic mass is 16.5. The van der Waals surface area contributed by atoms with Gasteiger partial charge in [-0.2, -0.15) is 0 Å². The van der Waals surface area contributed by atoms with E-state index >= 15 is 0 Å². The van der Waals surface area contributed by atoms with Gasteiger partial charge in [-0.1, -0.05) is 12.1 Å². The fourth-order valence-electron chi connectivity index (χ4n) is 2.95. The quantitative estimate of drug-likeness (QED) is 0.857. The summed E-state index contributed by atoms with van der Waals surface area (Å²) in [6.07, 6.45) is 4.36. The summed E-state index contributed by atoms with van der Waals surface area (Å²) >= 11 is 0. The number of ether oxygens (including phenoxy) is 1. The van der Waals surface area contributed by atoms with Gasteiger partial charge in [-0.3, -0.25) is 4.79 Å². The van der Waals surface area contributed by atoms with Crippen LogP contribution in [0.5, 0.6) is 5.75 Å². The van der Waals surface area contributed by atoms with Crippen LogP contribution in [0.2, 0.25) is 0 Å². The molecule has 1 aliphatic heterocycles. The predicted octanol–water partition coefficient (Wildman–Crippen LogP) is 1.59. The number of methoxy groups -OCH3 is 1. The first-order chi connectivity index (χ1) is 9.73. The maximum absolute atomic E-state index is 12.1. The Morgan fingerprint density at radius 2 is 2.15 bits per heavy atom. The Hall–Kier alpha value is -1.55. The molecule has 0 radical (unpaired) electrons.